The number of hydrogen-bond donors (Lipinski definition) is 1. The number of ether oxygens (including phenoxy) is 1. The molecular weight excluding hydrogens is 429 g/mol. The summed E-state index contributed by atoms with van der Waals surface area (Å²) in [6.07, 6.45) is -3.16. The van der Waals surface area contributed by atoms with E-state index in [2.05, 4.69) is 10.5 Å². The first-order chi connectivity index (χ1) is 14.8. The molecule has 0 aliphatic carbocycles. The number of halogens is 3. The van der Waals surface area contributed by atoms with Gasteiger partial charge in [0.05, 0.1) is 12.8 Å². The fraction of sp³-hybridized carbons (Fsp3) is 0.273. The minimum Gasteiger partial charge on any atom is -0.487 e. The molecular formula is C22H21F3N2O3S. The highest BCUT2D eigenvalue weighted by Gasteiger charge is 2.42. The molecule has 2 aromatic rings. The predicted molar refractivity (Wildman–Crippen MR) is 116 cm³/mol. The van der Waals surface area contributed by atoms with Gasteiger partial charge >= 0.3 is 6.18 Å². The van der Waals surface area contributed by atoms with Crippen molar-refractivity contribution < 1.29 is 27.5 Å². The van der Waals surface area contributed by atoms with Crippen LogP contribution in [0.4, 0.5) is 18.9 Å². The lowest BCUT2D eigenvalue weighted by Gasteiger charge is -2.22. The molecule has 1 amide bonds. The van der Waals surface area contributed by atoms with Crippen LogP contribution in [0.3, 0.4) is 0 Å². The number of benzene rings is 2. The standard InChI is InChI=1S/C22H21F3N2O3S/c1-14(2)30-26-13-15-7-9-16(10-8-15)17-5-3-4-6-18(17)27-21(28)19-20(22(23,24)25)29-11-12-31-19/h3-10,13-14H,11-12H2,1-2H3,(H,27,28)/b26-13+. The maximum absolute atomic E-state index is 13.2. The Labute approximate surface area is 182 Å². The van der Waals surface area contributed by atoms with E-state index >= 15 is 0 Å². The molecule has 2 aromatic carbocycles. The van der Waals surface area contributed by atoms with E-state index in [0.717, 1.165) is 22.9 Å². The fourth-order valence-electron chi connectivity index (χ4n) is 2.78. The molecule has 0 bridgehead atoms. The number of hydrogen-bond acceptors (Lipinski definition) is 5. The smallest absolute Gasteiger partial charge is 0.450 e. The van der Waals surface area contributed by atoms with Crippen LogP contribution < -0.4 is 5.32 Å². The summed E-state index contributed by atoms with van der Waals surface area (Å²) >= 11 is 0.835. The molecule has 31 heavy (non-hydrogen) atoms. The average Bonchev–Trinajstić information content (AvgIpc) is 2.74. The van der Waals surface area contributed by atoms with Crippen LogP contribution in [0.1, 0.15) is 19.4 Å². The molecule has 5 nitrogen and oxygen atoms in total. The second-order valence-corrected chi connectivity index (χ2v) is 7.97. The second kappa shape index (κ2) is 9.91. The Morgan fingerprint density at radius 2 is 1.90 bits per heavy atom. The first-order valence-corrected chi connectivity index (χ1v) is 10.5. The number of nitrogens with one attached hydrogen (secondary N) is 1. The number of oxime groups is 1. The van der Waals surface area contributed by atoms with E-state index in [9.17, 15) is 18.0 Å². The zero-order valence-corrected chi connectivity index (χ0v) is 17.7. The number of para-hydroxylation sites is 1. The second-order valence-electron chi connectivity index (χ2n) is 6.86. The summed E-state index contributed by atoms with van der Waals surface area (Å²) in [5.74, 6) is -1.82. The topological polar surface area (TPSA) is 59.9 Å². The van der Waals surface area contributed by atoms with E-state index in [1.54, 1.807) is 30.5 Å². The number of carbonyl (C=O) groups excluding carboxylic acids is 1. The van der Waals surface area contributed by atoms with Gasteiger partial charge in [0.15, 0.2) is 0 Å². The molecule has 0 saturated heterocycles. The SMILES string of the molecule is CC(C)O/N=C/c1ccc(-c2ccccc2NC(=O)C2=C(C(F)(F)F)OCCS2)cc1. The van der Waals surface area contributed by atoms with Gasteiger partial charge in [0, 0.05) is 17.0 Å². The molecule has 0 saturated carbocycles. The summed E-state index contributed by atoms with van der Waals surface area (Å²) in [5, 5.41) is 6.48. The molecule has 9 heteroatoms. The van der Waals surface area contributed by atoms with Crippen LogP contribution in [0.2, 0.25) is 0 Å². The van der Waals surface area contributed by atoms with Gasteiger partial charge in [0.25, 0.3) is 5.91 Å². The van der Waals surface area contributed by atoms with Crippen LogP contribution in [0.5, 0.6) is 0 Å². The number of amides is 1. The first-order valence-electron chi connectivity index (χ1n) is 9.53. The Hall–Kier alpha value is -2.94. The molecule has 1 N–H and O–H groups in total. The van der Waals surface area contributed by atoms with Crippen LogP contribution >= 0.6 is 11.8 Å². The van der Waals surface area contributed by atoms with Crippen molar-refractivity contribution in [3.63, 3.8) is 0 Å². The lowest BCUT2D eigenvalue weighted by molar-refractivity contribution is -0.133. The molecule has 3 rings (SSSR count). The lowest BCUT2D eigenvalue weighted by Crippen LogP contribution is -2.26. The van der Waals surface area contributed by atoms with Gasteiger partial charge in [-0.05, 0) is 31.0 Å². The molecule has 0 atom stereocenters. The van der Waals surface area contributed by atoms with E-state index < -0.39 is 22.7 Å². The summed E-state index contributed by atoms with van der Waals surface area (Å²) in [5.41, 5.74) is 2.68. The summed E-state index contributed by atoms with van der Waals surface area (Å²) in [7, 11) is 0. The van der Waals surface area contributed by atoms with Gasteiger partial charge in [0.1, 0.15) is 11.0 Å². The zero-order valence-electron chi connectivity index (χ0n) is 16.9. The zero-order chi connectivity index (χ0) is 22.4. The highest BCUT2D eigenvalue weighted by molar-refractivity contribution is 8.04. The van der Waals surface area contributed by atoms with Crippen molar-refractivity contribution in [2.45, 2.75) is 26.1 Å². The number of anilines is 1. The Morgan fingerprint density at radius 1 is 1.19 bits per heavy atom. The van der Waals surface area contributed by atoms with Gasteiger partial charge in [-0.3, -0.25) is 4.79 Å². The van der Waals surface area contributed by atoms with Crippen molar-refractivity contribution in [1.29, 1.82) is 0 Å². The van der Waals surface area contributed by atoms with Crippen LogP contribution in [0.25, 0.3) is 11.1 Å². The lowest BCUT2D eigenvalue weighted by atomic mass is 10.0. The molecule has 1 heterocycles. The van der Waals surface area contributed by atoms with Crippen molar-refractivity contribution in [1.82, 2.24) is 0 Å². The maximum Gasteiger partial charge on any atom is 0.450 e. The van der Waals surface area contributed by atoms with Crippen molar-refractivity contribution >= 4 is 29.6 Å². The van der Waals surface area contributed by atoms with E-state index in [-0.39, 0.29) is 18.5 Å². The van der Waals surface area contributed by atoms with Crippen LogP contribution in [0.15, 0.2) is 64.4 Å². The van der Waals surface area contributed by atoms with Crippen LogP contribution in [-0.2, 0) is 14.4 Å². The molecule has 0 radical (unpaired) electrons. The van der Waals surface area contributed by atoms with Crippen molar-refractivity contribution in [3.8, 4) is 11.1 Å². The number of nitrogens with zero attached hydrogens (tertiary/aromatic N) is 1. The molecule has 164 valence electrons. The van der Waals surface area contributed by atoms with Gasteiger partial charge in [-0.2, -0.15) is 13.2 Å². The molecule has 0 unspecified atom stereocenters. The number of allylic oxidation sites excluding steroid dienone is 1. The quantitative estimate of drug-likeness (QED) is 0.461. The molecule has 0 spiro atoms. The molecule has 1 aliphatic heterocycles. The number of rotatable bonds is 6. The van der Waals surface area contributed by atoms with Gasteiger partial charge in [-0.25, -0.2) is 0 Å². The first kappa shape index (κ1) is 22.7. The number of thioether (sulfide) groups is 1. The highest BCUT2D eigenvalue weighted by Crippen LogP contribution is 2.38. The largest absolute Gasteiger partial charge is 0.487 e. The molecule has 0 fully saturated rings. The van der Waals surface area contributed by atoms with E-state index in [4.69, 9.17) is 9.57 Å². The monoisotopic (exact) mass is 450 g/mol. The third-order valence-corrected chi connectivity index (χ3v) is 5.15. The predicted octanol–water partition coefficient (Wildman–Crippen LogP) is 5.59. The van der Waals surface area contributed by atoms with Gasteiger partial charge in [-0.15, -0.1) is 11.8 Å². The minimum atomic E-state index is -4.73. The van der Waals surface area contributed by atoms with E-state index in [0.29, 0.717) is 11.3 Å². The minimum absolute atomic E-state index is 0.0216. The summed E-state index contributed by atoms with van der Waals surface area (Å²) in [4.78, 5) is 17.3. The van der Waals surface area contributed by atoms with Gasteiger partial charge < -0.3 is 14.9 Å². The Balaban J connectivity index is 1.83. The van der Waals surface area contributed by atoms with Crippen LogP contribution in [0, 0.1) is 0 Å². The highest BCUT2D eigenvalue weighted by atomic mass is 32.2. The van der Waals surface area contributed by atoms with E-state index in [1.807, 2.05) is 38.1 Å². The Bertz CT molecular complexity index is 986. The average molecular weight is 450 g/mol. The third-order valence-electron chi connectivity index (χ3n) is 4.12. The third kappa shape index (κ3) is 6.04. The number of alkyl halides is 3. The van der Waals surface area contributed by atoms with Crippen LogP contribution in [-0.4, -0.2) is 36.8 Å². The van der Waals surface area contributed by atoms with Gasteiger partial charge in [-0.1, -0.05) is 47.6 Å². The summed E-state index contributed by atoms with van der Waals surface area (Å²) in [6.45, 7) is 3.65. The molecule has 0 aromatic heterocycles. The van der Waals surface area contributed by atoms with Crippen molar-refractivity contribution in [2.75, 3.05) is 17.7 Å². The summed E-state index contributed by atoms with van der Waals surface area (Å²) < 4.78 is 44.4. The van der Waals surface area contributed by atoms with Crippen molar-refractivity contribution in [2.24, 2.45) is 5.16 Å². The van der Waals surface area contributed by atoms with E-state index in [1.165, 1.54) is 0 Å². The fourth-order valence-corrected chi connectivity index (χ4v) is 3.64. The Kier molecular flexibility index (Phi) is 7.27. The Morgan fingerprint density at radius 3 is 2.58 bits per heavy atom. The van der Waals surface area contributed by atoms with Crippen molar-refractivity contribution in [3.05, 3.63) is 64.8 Å². The summed E-state index contributed by atoms with van der Waals surface area (Å²) in [6, 6.07) is 14.2. The maximum atomic E-state index is 13.2. The molecule has 1 aliphatic rings. The number of carbonyl (C=O) groups is 1. The normalized spacial score (nSPS) is 14.6. The van der Waals surface area contributed by atoms with Gasteiger partial charge in [0.2, 0.25) is 5.76 Å².